The third-order valence-electron chi connectivity index (χ3n) is 3.43. The maximum absolute atomic E-state index is 12.3. The molecule has 1 aromatic rings. The fourth-order valence-electron chi connectivity index (χ4n) is 2.38. The van der Waals surface area contributed by atoms with Crippen LogP contribution in [0.25, 0.3) is 0 Å². The maximum atomic E-state index is 12.3. The summed E-state index contributed by atoms with van der Waals surface area (Å²) in [5.74, 6) is 0.746. The van der Waals surface area contributed by atoms with Gasteiger partial charge in [0.05, 0.1) is 19.3 Å². The summed E-state index contributed by atoms with van der Waals surface area (Å²) in [6, 6.07) is 5.42. The molecule has 1 saturated heterocycles. The molecule has 5 nitrogen and oxygen atoms in total. The highest BCUT2D eigenvalue weighted by Crippen LogP contribution is 2.24. The van der Waals surface area contributed by atoms with Crippen LogP contribution in [0.1, 0.15) is 12.0 Å². The lowest BCUT2D eigenvalue weighted by atomic mass is 10.1. The zero-order valence-electron chi connectivity index (χ0n) is 12.0. The topological polar surface area (TPSA) is 61.8 Å². The van der Waals surface area contributed by atoms with Crippen LogP contribution in [0.2, 0.25) is 0 Å². The number of aliphatic hydroxyl groups excluding tert-OH is 1. The van der Waals surface area contributed by atoms with Crippen molar-refractivity contribution in [3.63, 3.8) is 0 Å². The van der Waals surface area contributed by atoms with E-state index < -0.39 is 6.10 Å². The Balaban J connectivity index is 0.00000220. The Hall–Kier alpha value is -0.820. The fourth-order valence-corrected chi connectivity index (χ4v) is 2.78. The van der Waals surface area contributed by atoms with E-state index in [0.717, 1.165) is 15.8 Å². The van der Waals surface area contributed by atoms with Gasteiger partial charge in [-0.3, -0.25) is 4.79 Å². The van der Waals surface area contributed by atoms with Crippen LogP contribution in [-0.2, 0) is 11.3 Å². The van der Waals surface area contributed by atoms with E-state index in [1.807, 2.05) is 18.2 Å². The molecule has 2 N–H and O–H groups in total. The van der Waals surface area contributed by atoms with Gasteiger partial charge < -0.3 is 20.1 Å². The highest BCUT2D eigenvalue weighted by atomic mass is 79.9. The van der Waals surface area contributed by atoms with Crippen LogP contribution < -0.4 is 10.1 Å². The van der Waals surface area contributed by atoms with Gasteiger partial charge in [0.1, 0.15) is 5.75 Å². The van der Waals surface area contributed by atoms with Gasteiger partial charge >= 0.3 is 0 Å². The van der Waals surface area contributed by atoms with Crippen LogP contribution in [-0.4, -0.2) is 48.8 Å². The van der Waals surface area contributed by atoms with Crippen LogP contribution in [0.5, 0.6) is 5.75 Å². The molecule has 1 aliphatic rings. The van der Waals surface area contributed by atoms with E-state index in [2.05, 4.69) is 21.2 Å². The number of nitrogens with one attached hydrogen (secondary N) is 1. The average molecular weight is 380 g/mol. The zero-order chi connectivity index (χ0) is 14.7. The molecule has 0 bridgehead atoms. The molecule has 1 aromatic carbocycles. The first-order valence-corrected chi connectivity index (χ1v) is 7.29. The van der Waals surface area contributed by atoms with E-state index in [9.17, 15) is 9.90 Å². The number of nitrogens with zero attached hydrogens (tertiary/aromatic N) is 1. The number of ether oxygens (including phenoxy) is 1. The lowest BCUT2D eigenvalue weighted by Crippen LogP contribution is -2.41. The summed E-state index contributed by atoms with van der Waals surface area (Å²) in [4.78, 5) is 13.9. The van der Waals surface area contributed by atoms with Crippen molar-refractivity contribution in [3.8, 4) is 5.75 Å². The molecule has 2 atom stereocenters. The first-order valence-electron chi connectivity index (χ1n) is 6.50. The number of halogens is 2. The second-order valence-corrected chi connectivity index (χ2v) is 5.92. The van der Waals surface area contributed by atoms with Gasteiger partial charge in [0.15, 0.2) is 0 Å². The quantitative estimate of drug-likeness (QED) is 0.833. The second kappa shape index (κ2) is 7.98. The largest absolute Gasteiger partial charge is 0.496 e. The summed E-state index contributed by atoms with van der Waals surface area (Å²) in [6.07, 6.45) is 0.0384. The Labute approximate surface area is 139 Å². The summed E-state index contributed by atoms with van der Waals surface area (Å²) in [5, 5.41) is 12.5. The molecule has 0 aliphatic carbocycles. The number of methoxy groups -OCH3 is 1. The molecule has 0 aromatic heterocycles. The Morgan fingerprint density at radius 1 is 1.57 bits per heavy atom. The Kier molecular flexibility index (Phi) is 6.93. The molecule has 1 heterocycles. The lowest BCUT2D eigenvalue weighted by Gasteiger charge is -2.22. The number of hydrogen-bond acceptors (Lipinski definition) is 4. The molecule has 1 amide bonds. The summed E-state index contributed by atoms with van der Waals surface area (Å²) in [6.45, 7) is 0.945. The second-order valence-electron chi connectivity index (χ2n) is 5.00. The van der Waals surface area contributed by atoms with Crippen molar-refractivity contribution >= 4 is 34.2 Å². The third kappa shape index (κ3) is 4.57. The summed E-state index contributed by atoms with van der Waals surface area (Å²) in [7, 11) is 3.37. The monoisotopic (exact) mass is 378 g/mol. The van der Waals surface area contributed by atoms with Gasteiger partial charge in [-0.05, 0) is 24.6 Å². The first-order chi connectivity index (χ1) is 9.51. The minimum Gasteiger partial charge on any atom is -0.496 e. The van der Waals surface area contributed by atoms with Crippen molar-refractivity contribution in [2.75, 3.05) is 20.7 Å². The minimum atomic E-state index is -0.433. The molecular weight excluding hydrogens is 360 g/mol. The van der Waals surface area contributed by atoms with Crippen molar-refractivity contribution in [2.45, 2.75) is 25.1 Å². The number of likely N-dealkylation sites (N-methyl/N-ethyl adjacent to an activating group) is 1. The van der Waals surface area contributed by atoms with E-state index in [0.29, 0.717) is 19.5 Å². The van der Waals surface area contributed by atoms with Crippen molar-refractivity contribution in [3.05, 3.63) is 28.2 Å². The van der Waals surface area contributed by atoms with E-state index in [4.69, 9.17) is 4.74 Å². The number of carbonyl (C=O) groups is 1. The van der Waals surface area contributed by atoms with Crippen molar-refractivity contribution in [1.29, 1.82) is 0 Å². The molecular formula is C14H20BrClN2O3. The maximum Gasteiger partial charge on any atom is 0.239 e. The highest BCUT2D eigenvalue weighted by Gasteiger charge is 2.30. The predicted octanol–water partition coefficient (Wildman–Crippen LogP) is 1.56. The smallest absolute Gasteiger partial charge is 0.239 e. The number of β-amino-alcohol motifs (C(OH)–C–C–N with tert-alkyl or cyclic N) is 1. The number of amides is 1. The standard InChI is InChI=1S/C14H19BrN2O3.ClH/c1-17(14(19)12-6-11(18)7-16-12)8-9-5-10(15)3-4-13(9)20-2;/h3-5,11-12,16,18H,6-8H2,1-2H3;1H. The van der Waals surface area contributed by atoms with Crippen LogP contribution >= 0.6 is 28.3 Å². The molecule has 7 heteroatoms. The number of hydrogen-bond donors (Lipinski definition) is 2. The van der Waals surface area contributed by atoms with Crippen molar-refractivity contribution in [1.82, 2.24) is 10.2 Å². The van der Waals surface area contributed by atoms with Crippen LogP contribution in [0.3, 0.4) is 0 Å². The summed E-state index contributed by atoms with van der Waals surface area (Å²) >= 11 is 3.42. The van der Waals surface area contributed by atoms with E-state index >= 15 is 0 Å². The Morgan fingerprint density at radius 3 is 2.86 bits per heavy atom. The van der Waals surface area contributed by atoms with Crippen molar-refractivity contribution < 1.29 is 14.6 Å². The molecule has 2 rings (SSSR count). The van der Waals surface area contributed by atoms with Crippen molar-refractivity contribution in [2.24, 2.45) is 0 Å². The third-order valence-corrected chi connectivity index (χ3v) is 3.93. The molecule has 0 radical (unpaired) electrons. The molecule has 0 saturated carbocycles. The number of benzene rings is 1. The molecule has 0 spiro atoms. The normalized spacial score (nSPS) is 20.8. The SMILES string of the molecule is COc1ccc(Br)cc1CN(C)C(=O)C1CC(O)CN1.Cl. The van der Waals surface area contributed by atoms with E-state index in [1.54, 1.807) is 19.1 Å². The molecule has 2 unspecified atom stereocenters. The molecule has 118 valence electrons. The average Bonchev–Trinajstić information content (AvgIpc) is 2.84. The molecule has 1 fully saturated rings. The van der Waals surface area contributed by atoms with E-state index in [-0.39, 0.29) is 24.4 Å². The predicted molar refractivity (Wildman–Crippen MR) is 86.8 cm³/mol. The summed E-state index contributed by atoms with van der Waals surface area (Å²) < 4.78 is 6.26. The van der Waals surface area contributed by atoms with Crippen LogP contribution in [0.15, 0.2) is 22.7 Å². The van der Waals surface area contributed by atoms with Gasteiger partial charge in [-0.2, -0.15) is 0 Å². The molecule has 1 aliphatic heterocycles. The summed E-state index contributed by atoms with van der Waals surface area (Å²) in [5.41, 5.74) is 0.941. The van der Waals surface area contributed by atoms with Gasteiger partial charge in [-0.1, -0.05) is 15.9 Å². The fraction of sp³-hybridized carbons (Fsp3) is 0.500. The Morgan fingerprint density at radius 2 is 2.29 bits per heavy atom. The van der Waals surface area contributed by atoms with Gasteiger partial charge in [0.2, 0.25) is 5.91 Å². The lowest BCUT2D eigenvalue weighted by molar-refractivity contribution is -0.132. The minimum absolute atomic E-state index is 0. The number of rotatable bonds is 4. The van der Waals surface area contributed by atoms with Crippen LogP contribution in [0, 0.1) is 0 Å². The number of aliphatic hydroxyl groups is 1. The van der Waals surface area contributed by atoms with E-state index in [1.165, 1.54) is 0 Å². The molecule has 21 heavy (non-hydrogen) atoms. The van der Waals surface area contributed by atoms with Crippen LogP contribution in [0.4, 0.5) is 0 Å². The van der Waals surface area contributed by atoms with Gasteiger partial charge in [-0.15, -0.1) is 12.4 Å². The zero-order valence-corrected chi connectivity index (χ0v) is 14.4. The first kappa shape index (κ1) is 18.2. The Bertz CT molecular complexity index is 501. The van der Waals surface area contributed by atoms with Gasteiger partial charge in [0.25, 0.3) is 0 Å². The van der Waals surface area contributed by atoms with Gasteiger partial charge in [-0.25, -0.2) is 0 Å². The number of carbonyl (C=O) groups excluding carboxylic acids is 1. The highest BCUT2D eigenvalue weighted by molar-refractivity contribution is 9.10. The van der Waals surface area contributed by atoms with Gasteiger partial charge in [0, 0.05) is 30.2 Å².